The normalized spacial score (nSPS) is 14.8. The number of likely N-dealkylation sites (N-methyl/N-ethyl adjacent to an activating group) is 1. The Kier molecular flexibility index (Phi) is 7.80. The van der Waals surface area contributed by atoms with Gasteiger partial charge in [0, 0.05) is 49.2 Å². The standard InChI is InChI=1S/C28H30ClF3N8O/c1-17-6-7-20(14-24(17)40-16-23(35-36-40)21-15-33-38(4)18(21)2)34-27(41)19-12-22(28(30,31)32)26(29)25(13-19)39-9-5-8-37(3)10-11-39/h6-7,12-16H,5,8-11H2,1-4H3,(H,34,41). The van der Waals surface area contributed by atoms with E-state index in [0.717, 1.165) is 35.9 Å². The quantitative estimate of drug-likeness (QED) is 0.339. The minimum atomic E-state index is -4.72. The molecule has 1 amide bonds. The Morgan fingerprint density at radius 3 is 2.51 bits per heavy atom. The maximum Gasteiger partial charge on any atom is 0.417 e. The molecule has 9 nitrogen and oxygen atoms in total. The van der Waals surface area contributed by atoms with Gasteiger partial charge >= 0.3 is 6.18 Å². The highest BCUT2D eigenvalue weighted by atomic mass is 35.5. The Balaban J connectivity index is 1.45. The van der Waals surface area contributed by atoms with Crippen molar-refractivity contribution in [2.24, 2.45) is 7.05 Å². The highest BCUT2D eigenvalue weighted by molar-refractivity contribution is 6.34. The molecular weight excluding hydrogens is 557 g/mol. The molecular formula is C28H30ClF3N8O. The molecule has 0 radical (unpaired) electrons. The van der Waals surface area contributed by atoms with E-state index in [9.17, 15) is 18.0 Å². The van der Waals surface area contributed by atoms with Gasteiger partial charge in [-0.2, -0.15) is 18.3 Å². The predicted octanol–water partition coefficient (Wildman–Crippen LogP) is 5.35. The highest BCUT2D eigenvalue weighted by Gasteiger charge is 2.36. The summed E-state index contributed by atoms with van der Waals surface area (Å²) in [5, 5.41) is 15.1. The van der Waals surface area contributed by atoms with E-state index in [-0.39, 0.29) is 11.3 Å². The van der Waals surface area contributed by atoms with E-state index in [1.165, 1.54) is 6.07 Å². The third kappa shape index (κ3) is 5.94. The number of nitrogens with zero attached hydrogens (tertiary/aromatic N) is 7. The summed E-state index contributed by atoms with van der Waals surface area (Å²) in [6, 6.07) is 7.43. The molecule has 2 aromatic carbocycles. The highest BCUT2D eigenvalue weighted by Crippen LogP contribution is 2.41. The number of halogens is 4. The Labute approximate surface area is 240 Å². The first-order chi connectivity index (χ1) is 19.4. The maximum absolute atomic E-state index is 14.0. The maximum atomic E-state index is 14.0. The molecule has 1 saturated heterocycles. The smallest absolute Gasteiger partial charge is 0.369 e. The number of rotatable bonds is 5. The van der Waals surface area contributed by atoms with E-state index in [2.05, 4.69) is 25.6 Å². The van der Waals surface area contributed by atoms with Gasteiger partial charge in [-0.05, 0) is 63.7 Å². The van der Waals surface area contributed by atoms with Crippen molar-refractivity contribution in [2.45, 2.75) is 26.4 Å². The molecule has 4 aromatic rings. The summed E-state index contributed by atoms with van der Waals surface area (Å²) in [5.74, 6) is -0.680. The molecule has 13 heteroatoms. The molecule has 1 fully saturated rings. The Morgan fingerprint density at radius 1 is 1.02 bits per heavy atom. The van der Waals surface area contributed by atoms with E-state index in [4.69, 9.17) is 11.6 Å². The van der Waals surface area contributed by atoms with Gasteiger partial charge in [0.25, 0.3) is 5.91 Å². The van der Waals surface area contributed by atoms with Crippen LogP contribution in [0, 0.1) is 13.8 Å². The van der Waals surface area contributed by atoms with Crippen LogP contribution in [0.4, 0.5) is 24.5 Å². The van der Waals surface area contributed by atoms with Crippen molar-refractivity contribution in [3.05, 3.63) is 70.1 Å². The summed E-state index contributed by atoms with van der Waals surface area (Å²) in [6.45, 7) is 6.35. The van der Waals surface area contributed by atoms with Crippen LogP contribution in [-0.4, -0.2) is 68.8 Å². The van der Waals surface area contributed by atoms with Crippen LogP contribution in [0.5, 0.6) is 0 Å². The molecule has 0 atom stereocenters. The molecule has 0 unspecified atom stereocenters. The largest absolute Gasteiger partial charge is 0.417 e. The molecule has 1 aliphatic rings. The summed E-state index contributed by atoms with van der Waals surface area (Å²) < 4.78 is 45.3. The molecule has 216 valence electrons. The van der Waals surface area contributed by atoms with Crippen LogP contribution in [0.3, 0.4) is 0 Å². The number of benzene rings is 2. The second kappa shape index (κ2) is 11.2. The fraction of sp³-hybridized carbons (Fsp3) is 0.357. The lowest BCUT2D eigenvalue weighted by atomic mass is 10.1. The molecule has 0 spiro atoms. The number of anilines is 2. The Morgan fingerprint density at radius 2 is 1.80 bits per heavy atom. The van der Waals surface area contributed by atoms with Crippen LogP contribution in [0.25, 0.3) is 16.9 Å². The second-order valence-electron chi connectivity index (χ2n) is 10.3. The number of carbonyl (C=O) groups is 1. The number of carbonyl (C=O) groups excluding carboxylic acids is 1. The van der Waals surface area contributed by atoms with Crippen LogP contribution in [0.1, 0.15) is 33.6 Å². The van der Waals surface area contributed by atoms with Crippen LogP contribution in [0.2, 0.25) is 5.02 Å². The van der Waals surface area contributed by atoms with Gasteiger partial charge < -0.3 is 15.1 Å². The van der Waals surface area contributed by atoms with Crippen LogP contribution < -0.4 is 10.2 Å². The van der Waals surface area contributed by atoms with Crippen molar-refractivity contribution in [3.8, 4) is 16.9 Å². The minimum absolute atomic E-state index is 0.133. The van der Waals surface area contributed by atoms with Gasteiger partial charge in [0.05, 0.1) is 34.4 Å². The molecule has 2 aromatic heterocycles. The van der Waals surface area contributed by atoms with Gasteiger partial charge in [-0.15, -0.1) is 5.10 Å². The SMILES string of the molecule is Cc1ccc(NC(=O)c2cc(N3CCCN(C)CC3)c(Cl)c(C(F)(F)F)c2)cc1-n1cc(-c2cnn(C)c2C)nn1. The number of nitrogens with one attached hydrogen (secondary N) is 1. The topological polar surface area (TPSA) is 84.1 Å². The third-order valence-corrected chi connectivity index (χ3v) is 7.80. The van der Waals surface area contributed by atoms with E-state index in [0.29, 0.717) is 36.7 Å². The van der Waals surface area contributed by atoms with E-state index >= 15 is 0 Å². The zero-order valence-electron chi connectivity index (χ0n) is 23.1. The number of aromatic nitrogens is 5. The number of hydrogen-bond donors (Lipinski definition) is 1. The molecule has 0 aliphatic carbocycles. The lowest BCUT2D eigenvalue weighted by molar-refractivity contribution is -0.137. The first-order valence-corrected chi connectivity index (χ1v) is 13.5. The van der Waals surface area contributed by atoms with Crippen molar-refractivity contribution in [1.29, 1.82) is 0 Å². The van der Waals surface area contributed by atoms with Crippen molar-refractivity contribution < 1.29 is 18.0 Å². The van der Waals surface area contributed by atoms with Crippen molar-refractivity contribution in [1.82, 2.24) is 29.7 Å². The monoisotopic (exact) mass is 586 g/mol. The molecule has 5 rings (SSSR count). The molecule has 1 N–H and O–H groups in total. The van der Waals surface area contributed by atoms with Gasteiger partial charge in [-0.1, -0.05) is 22.9 Å². The van der Waals surface area contributed by atoms with E-state index < -0.39 is 22.7 Å². The average molecular weight is 587 g/mol. The molecule has 3 heterocycles. The summed E-state index contributed by atoms with van der Waals surface area (Å²) in [7, 11) is 3.80. The van der Waals surface area contributed by atoms with Gasteiger partial charge in [0.15, 0.2) is 0 Å². The van der Waals surface area contributed by atoms with Gasteiger partial charge in [-0.25, -0.2) is 4.68 Å². The van der Waals surface area contributed by atoms with Gasteiger partial charge in [0.2, 0.25) is 0 Å². The Bertz CT molecular complexity index is 1600. The summed E-state index contributed by atoms with van der Waals surface area (Å²) >= 11 is 6.29. The fourth-order valence-electron chi connectivity index (χ4n) is 4.86. The summed E-state index contributed by atoms with van der Waals surface area (Å²) in [6.07, 6.45) is -0.482. The lowest BCUT2D eigenvalue weighted by Gasteiger charge is -2.26. The first-order valence-electron chi connectivity index (χ1n) is 13.1. The van der Waals surface area contributed by atoms with Crippen molar-refractivity contribution >= 4 is 28.9 Å². The lowest BCUT2D eigenvalue weighted by Crippen LogP contribution is -2.29. The van der Waals surface area contributed by atoms with E-state index in [1.54, 1.807) is 40.0 Å². The van der Waals surface area contributed by atoms with Gasteiger partial charge in [0.1, 0.15) is 5.69 Å². The van der Waals surface area contributed by atoms with Crippen LogP contribution in [0.15, 0.2) is 42.7 Å². The zero-order valence-corrected chi connectivity index (χ0v) is 23.9. The van der Waals surface area contributed by atoms with Crippen LogP contribution >= 0.6 is 11.6 Å². The first kappa shape index (κ1) is 28.6. The van der Waals surface area contributed by atoms with Crippen LogP contribution in [-0.2, 0) is 13.2 Å². The molecule has 0 saturated carbocycles. The summed E-state index contributed by atoms with van der Waals surface area (Å²) in [5.41, 5.74) is 3.36. The van der Waals surface area contributed by atoms with Crippen molar-refractivity contribution in [2.75, 3.05) is 43.4 Å². The minimum Gasteiger partial charge on any atom is -0.369 e. The van der Waals surface area contributed by atoms with E-state index in [1.807, 2.05) is 32.8 Å². The number of alkyl halides is 3. The average Bonchev–Trinajstić information content (AvgIpc) is 3.46. The third-order valence-electron chi connectivity index (χ3n) is 7.40. The summed E-state index contributed by atoms with van der Waals surface area (Å²) in [4.78, 5) is 17.3. The number of aryl methyl sites for hydroxylation is 2. The Hall–Kier alpha value is -3.90. The molecule has 1 aliphatic heterocycles. The second-order valence-corrected chi connectivity index (χ2v) is 10.6. The number of hydrogen-bond acceptors (Lipinski definition) is 6. The van der Waals surface area contributed by atoms with Crippen molar-refractivity contribution in [3.63, 3.8) is 0 Å². The fourth-order valence-corrected chi connectivity index (χ4v) is 5.19. The zero-order chi connectivity index (χ0) is 29.5. The number of amides is 1. The predicted molar refractivity (Wildman–Crippen MR) is 152 cm³/mol. The van der Waals surface area contributed by atoms with Gasteiger partial charge in [-0.3, -0.25) is 9.48 Å². The molecule has 0 bridgehead atoms. The molecule has 41 heavy (non-hydrogen) atoms.